The van der Waals surface area contributed by atoms with Gasteiger partial charge >= 0.3 is 0 Å². The molecule has 1 heterocycles. The number of benzene rings is 1. The zero-order chi connectivity index (χ0) is 17.5. The van der Waals surface area contributed by atoms with E-state index in [1.54, 1.807) is 0 Å². The van der Waals surface area contributed by atoms with E-state index < -0.39 is 0 Å². The molecule has 1 aromatic rings. The smallest absolute Gasteiger partial charge is 0.191 e. The summed E-state index contributed by atoms with van der Waals surface area (Å²) >= 11 is 0. The van der Waals surface area contributed by atoms with Gasteiger partial charge in [-0.15, -0.1) is 0 Å². The molecule has 5 nitrogen and oxygen atoms in total. The van der Waals surface area contributed by atoms with Crippen molar-refractivity contribution >= 4 is 11.6 Å². The number of aliphatic hydroxyl groups excluding tert-OH is 1. The predicted octanol–water partition coefficient (Wildman–Crippen LogP) is 2.42. The molecule has 1 aliphatic heterocycles. The van der Waals surface area contributed by atoms with Gasteiger partial charge in [0.05, 0.1) is 12.6 Å². The molecule has 1 saturated carbocycles. The summed E-state index contributed by atoms with van der Waals surface area (Å²) in [6.07, 6.45) is 8.05. The van der Waals surface area contributed by atoms with Crippen LogP contribution in [0.3, 0.4) is 0 Å². The van der Waals surface area contributed by atoms with Crippen LogP contribution in [-0.4, -0.2) is 42.8 Å². The third-order valence-electron chi connectivity index (χ3n) is 4.90. The molecular formula is C20H30N4O. The molecule has 136 valence electrons. The van der Waals surface area contributed by atoms with Crippen LogP contribution in [0, 0.1) is 0 Å². The molecular weight excluding hydrogens is 312 g/mol. The second kappa shape index (κ2) is 8.90. The van der Waals surface area contributed by atoms with Crippen LogP contribution >= 0.6 is 0 Å². The van der Waals surface area contributed by atoms with E-state index in [9.17, 15) is 5.11 Å². The fraction of sp³-hybridized carbons (Fsp3) is 0.550. The fourth-order valence-electron chi connectivity index (χ4n) is 3.44. The van der Waals surface area contributed by atoms with Crippen LogP contribution in [0.15, 0.2) is 41.4 Å². The van der Waals surface area contributed by atoms with Gasteiger partial charge in [0.25, 0.3) is 0 Å². The SMILES string of the molecule is CCNC(=NCc1cccc(N2CC=CC2)c1)NC1CCC(O)CC1. The molecule has 2 aliphatic rings. The molecule has 0 aromatic heterocycles. The highest BCUT2D eigenvalue weighted by molar-refractivity contribution is 5.80. The fourth-order valence-corrected chi connectivity index (χ4v) is 3.44. The average molecular weight is 342 g/mol. The molecule has 0 atom stereocenters. The number of anilines is 1. The largest absolute Gasteiger partial charge is 0.393 e. The lowest BCUT2D eigenvalue weighted by molar-refractivity contribution is 0.120. The first-order valence-corrected chi connectivity index (χ1v) is 9.46. The summed E-state index contributed by atoms with van der Waals surface area (Å²) in [5.74, 6) is 0.872. The predicted molar refractivity (Wildman–Crippen MR) is 104 cm³/mol. The lowest BCUT2D eigenvalue weighted by Crippen LogP contribution is -2.45. The third kappa shape index (κ3) is 5.23. The summed E-state index contributed by atoms with van der Waals surface area (Å²) in [4.78, 5) is 7.11. The van der Waals surface area contributed by atoms with E-state index in [0.717, 1.165) is 51.3 Å². The van der Waals surface area contributed by atoms with Crippen LogP contribution in [0.4, 0.5) is 5.69 Å². The molecule has 25 heavy (non-hydrogen) atoms. The van der Waals surface area contributed by atoms with Crippen LogP contribution in [0.5, 0.6) is 0 Å². The Bertz CT molecular complexity index is 597. The van der Waals surface area contributed by atoms with Crippen LogP contribution in [0.1, 0.15) is 38.2 Å². The molecule has 0 amide bonds. The molecule has 0 spiro atoms. The van der Waals surface area contributed by atoms with Crippen LogP contribution < -0.4 is 15.5 Å². The molecule has 3 N–H and O–H groups in total. The van der Waals surface area contributed by atoms with Crippen molar-refractivity contribution in [1.82, 2.24) is 10.6 Å². The maximum absolute atomic E-state index is 9.65. The van der Waals surface area contributed by atoms with Crippen molar-refractivity contribution in [3.8, 4) is 0 Å². The molecule has 5 heteroatoms. The van der Waals surface area contributed by atoms with Crippen molar-refractivity contribution < 1.29 is 5.11 Å². The highest BCUT2D eigenvalue weighted by Gasteiger charge is 2.19. The maximum Gasteiger partial charge on any atom is 0.191 e. The summed E-state index contributed by atoms with van der Waals surface area (Å²) in [5, 5.41) is 16.5. The molecule has 3 rings (SSSR count). The Hall–Kier alpha value is -2.01. The highest BCUT2D eigenvalue weighted by Crippen LogP contribution is 2.20. The Labute approximate surface area is 150 Å². The molecule has 0 bridgehead atoms. The highest BCUT2D eigenvalue weighted by atomic mass is 16.3. The summed E-state index contributed by atoms with van der Waals surface area (Å²) in [5.41, 5.74) is 2.48. The lowest BCUT2D eigenvalue weighted by Gasteiger charge is -2.27. The standard InChI is InChI=1S/C20H30N4O/c1-2-21-20(23-17-8-10-19(25)11-9-17)22-15-16-6-5-7-18(14-16)24-12-3-4-13-24/h3-7,14,17,19,25H,2,8-13,15H2,1H3,(H2,21,22,23). The summed E-state index contributed by atoms with van der Waals surface area (Å²) in [7, 11) is 0. The first-order valence-electron chi connectivity index (χ1n) is 9.46. The Kier molecular flexibility index (Phi) is 6.34. The van der Waals surface area contributed by atoms with Gasteiger partial charge in [-0.2, -0.15) is 0 Å². The van der Waals surface area contributed by atoms with Crippen LogP contribution in [0.2, 0.25) is 0 Å². The minimum absolute atomic E-state index is 0.125. The van der Waals surface area contributed by atoms with E-state index in [0.29, 0.717) is 12.6 Å². The second-order valence-corrected chi connectivity index (χ2v) is 6.89. The van der Waals surface area contributed by atoms with Crippen LogP contribution in [-0.2, 0) is 6.54 Å². The van der Waals surface area contributed by atoms with Gasteiger partial charge in [0.2, 0.25) is 0 Å². The van der Waals surface area contributed by atoms with Gasteiger partial charge in [0.15, 0.2) is 5.96 Å². The molecule has 1 fully saturated rings. The van der Waals surface area contributed by atoms with E-state index in [4.69, 9.17) is 4.99 Å². The number of guanidine groups is 1. The van der Waals surface area contributed by atoms with Crippen LogP contribution in [0.25, 0.3) is 0 Å². The number of nitrogens with zero attached hydrogens (tertiary/aromatic N) is 2. The van der Waals surface area contributed by atoms with Gasteiger partial charge in [-0.25, -0.2) is 4.99 Å². The molecule has 0 unspecified atom stereocenters. The number of rotatable bonds is 5. The number of hydrogen-bond donors (Lipinski definition) is 3. The van der Waals surface area contributed by atoms with Gasteiger partial charge in [0.1, 0.15) is 0 Å². The Morgan fingerprint density at radius 3 is 2.68 bits per heavy atom. The van der Waals surface area contributed by atoms with Gasteiger partial charge in [-0.05, 0) is 50.3 Å². The quantitative estimate of drug-likeness (QED) is 0.437. The molecule has 0 radical (unpaired) electrons. The topological polar surface area (TPSA) is 59.9 Å². The van der Waals surface area contributed by atoms with Crippen molar-refractivity contribution in [2.75, 3.05) is 24.5 Å². The lowest BCUT2D eigenvalue weighted by atomic mass is 9.93. The third-order valence-corrected chi connectivity index (χ3v) is 4.90. The Balaban J connectivity index is 1.60. The zero-order valence-electron chi connectivity index (χ0n) is 15.1. The zero-order valence-corrected chi connectivity index (χ0v) is 15.1. The van der Waals surface area contributed by atoms with Crippen molar-refractivity contribution in [2.45, 2.75) is 51.3 Å². The number of aliphatic imine (C=N–C) groups is 1. The van der Waals surface area contributed by atoms with E-state index in [-0.39, 0.29) is 6.10 Å². The monoisotopic (exact) mass is 342 g/mol. The number of nitrogens with one attached hydrogen (secondary N) is 2. The number of aliphatic hydroxyl groups is 1. The maximum atomic E-state index is 9.65. The van der Waals surface area contributed by atoms with Gasteiger partial charge < -0.3 is 20.6 Å². The summed E-state index contributed by atoms with van der Waals surface area (Å²) < 4.78 is 0. The van der Waals surface area contributed by atoms with E-state index >= 15 is 0 Å². The van der Waals surface area contributed by atoms with Gasteiger partial charge in [-0.3, -0.25) is 0 Å². The minimum Gasteiger partial charge on any atom is -0.393 e. The van der Waals surface area contributed by atoms with Crippen molar-refractivity contribution in [3.63, 3.8) is 0 Å². The summed E-state index contributed by atoms with van der Waals surface area (Å²) in [6.45, 7) is 5.58. The van der Waals surface area contributed by atoms with Crippen molar-refractivity contribution in [3.05, 3.63) is 42.0 Å². The number of hydrogen-bond acceptors (Lipinski definition) is 3. The van der Waals surface area contributed by atoms with E-state index in [1.165, 1.54) is 11.3 Å². The van der Waals surface area contributed by atoms with Crippen molar-refractivity contribution in [1.29, 1.82) is 0 Å². The molecule has 0 saturated heterocycles. The first-order chi connectivity index (χ1) is 12.2. The Morgan fingerprint density at radius 1 is 1.20 bits per heavy atom. The van der Waals surface area contributed by atoms with E-state index in [1.807, 2.05) is 0 Å². The van der Waals surface area contributed by atoms with E-state index in [2.05, 4.69) is 58.9 Å². The average Bonchev–Trinajstić information content (AvgIpc) is 3.17. The second-order valence-electron chi connectivity index (χ2n) is 6.89. The first kappa shape index (κ1) is 17.8. The van der Waals surface area contributed by atoms with Crippen molar-refractivity contribution in [2.24, 2.45) is 4.99 Å². The molecule has 1 aliphatic carbocycles. The normalized spacial score (nSPS) is 23.8. The minimum atomic E-state index is -0.125. The Morgan fingerprint density at radius 2 is 1.96 bits per heavy atom. The summed E-state index contributed by atoms with van der Waals surface area (Å²) in [6, 6.07) is 9.05. The van der Waals surface area contributed by atoms with Gasteiger partial charge in [-0.1, -0.05) is 24.3 Å². The molecule has 1 aromatic carbocycles. The van der Waals surface area contributed by atoms with Gasteiger partial charge in [0, 0.05) is 31.4 Å².